The van der Waals surface area contributed by atoms with E-state index in [4.69, 9.17) is 10.8 Å². The van der Waals surface area contributed by atoms with Gasteiger partial charge in [0.1, 0.15) is 5.82 Å². The van der Waals surface area contributed by atoms with E-state index >= 15 is 0 Å². The predicted octanol–water partition coefficient (Wildman–Crippen LogP) is 1.59. The molecule has 0 saturated carbocycles. The van der Waals surface area contributed by atoms with Gasteiger partial charge in [-0.3, -0.25) is 4.79 Å². The molecule has 0 spiro atoms. The fourth-order valence-electron chi connectivity index (χ4n) is 1.34. The van der Waals surface area contributed by atoms with Gasteiger partial charge in [0.15, 0.2) is 0 Å². The van der Waals surface area contributed by atoms with Gasteiger partial charge in [0, 0.05) is 12.5 Å². The van der Waals surface area contributed by atoms with Crippen LogP contribution in [0.2, 0.25) is 0 Å². The lowest BCUT2D eigenvalue weighted by atomic mass is 10.1. The highest BCUT2D eigenvalue weighted by Crippen LogP contribution is 2.16. The van der Waals surface area contributed by atoms with Gasteiger partial charge in [-0.2, -0.15) is 0 Å². The molecule has 6 heteroatoms. The van der Waals surface area contributed by atoms with Crippen molar-refractivity contribution in [2.45, 2.75) is 25.8 Å². The van der Waals surface area contributed by atoms with Gasteiger partial charge in [-0.25, -0.2) is 9.18 Å². The Balaban J connectivity index is 2.80. The summed E-state index contributed by atoms with van der Waals surface area (Å²) in [6.07, 6.45) is 0.693. The van der Waals surface area contributed by atoms with Gasteiger partial charge in [-0.1, -0.05) is 6.92 Å². The Bertz CT molecular complexity index is 463. The first-order chi connectivity index (χ1) is 8.43. The van der Waals surface area contributed by atoms with Crippen LogP contribution in [-0.4, -0.2) is 23.0 Å². The van der Waals surface area contributed by atoms with Crippen LogP contribution in [0.15, 0.2) is 18.2 Å². The number of carboxylic acids is 1. The van der Waals surface area contributed by atoms with Crippen molar-refractivity contribution in [3.8, 4) is 0 Å². The van der Waals surface area contributed by atoms with E-state index in [9.17, 15) is 14.0 Å². The van der Waals surface area contributed by atoms with Gasteiger partial charge in [0.05, 0.1) is 11.3 Å². The van der Waals surface area contributed by atoms with E-state index in [0.29, 0.717) is 6.42 Å². The lowest BCUT2D eigenvalue weighted by Crippen LogP contribution is -2.26. The summed E-state index contributed by atoms with van der Waals surface area (Å²) in [4.78, 5) is 22.2. The molecule has 5 nitrogen and oxygen atoms in total. The number of aromatic carboxylic acids is 1. The molecular weight excluding hydrogens is 239 g/mol. The molecule has 1 atom stereocenters. The van der Waals surface area contributed by atoms with Crippen molar-refractivity contribution in [3.63, 3.8) is 0 Å². The van der Waals surface area contributed by atoms with Crippen LogP contribution in [-0.2, 0) is 4.79 Å². The SMILES string of the molecule is CCC(N)CC(=O)Nc1cc(C(=O)O)ccc1F. The van der Waals surface area contributed by atoms with Crippen LogP contribution in [0.5, 0.6) is 0 Å². The largest absolute Gasteiger partial charge is 0.478 e. The summed E-state index contributed by atoms with van der Waals surface area (Å²) in [5.74, 6) is -2.31. The molecule has 1 aromatic rings. The highest BCUT2D eigenvalue weighted by atomic mass is 19.1. The molecule has 1 unspecified atom stereocenters. The summed E-state index contributed by atoms with van der Waals surface area (Å²) in [7, 11) is 0. The molecule has 0 aliphatic heterocycles. The van der Waals surface area contributed by atoms with Gasteiger partial charge in [-0.15, -0.1) is 0 Å². The summed E-state index contributed by atoms with van der Waals surface area (Å²) in [6.45, 7) is 1.84. The number of anilines is 1. The number of halogens is 1. The van der Waals surface area contributed by atoms with Crippen molar-refractivity contribution in [1.29, 1.82) is 0 Å². The molecule has 0 radical (unpaired) electrons. The number of hydrogen-bond acceptors (Lipinski definition) is 3. The van der Waals surface area contributed by atoms with E-state index in [1.807, 2.05) is 6.92 Å². The van der Waals surface area contributed by atoms with Crippen LogP contribution in [0.3, 0.4) is 0 Å². The first-order valence-electron chi connectivity index (χ1n) is 5.52. The Hall–Kier alpha value is -1.95. The third-order valence-corrected chi connectivity index (χ3v) is 2.46. The molecule has 1 aromatic carbocycles. The highest BCUT2D eigenvalue weighted by Gasteiger charge is 2.12. The fraction of sp³-hybridized carbons (Fsp3) is 0.333. The quantitative estimate of drug-likeness (QED) is 0.744. The van der Waals surface area contributed by atoms with Crippen LogP contribution in [0.4, 0.5) is 10.1 Å². The molecule has 0 saturated heterocycles. The smallest absolute Gasteiger partial charge is 0.335 e. The summed E-state index contributed by atoms with van der Waals surface area (Å²) in [6, 6.07) is 2.91. The number of nitrogens with two attached hydrogens (primary N) is 1. The number of carbonyl (C=O) groups excluding carboxylic acids is 1. The van der Waals surface area contributed by atoms with Crippen LogP contribution in [0, 0.1) is 5.82 Å². The number of amides is 1. The fourth-order valence-corrected chi connectivity index (χ4v) is 1.34. The third kappa shape index (κ3) is 3.81. The Morgan fingerprint density at radius 2 is 2.17 bits per heavy atom. The summed E-state index contributed by atoms with van der Waals surface area (Å²) < 4.78 is 13.4. The van der Waals surface area contributed by atoms with Gasteiger partial charge in [0.25, 0.3) is 0 Å². The Morgan fingerprint density at radius 3 is 2.72 bits per heavy atom. The maximum absolute atomic E-state index is 13.4. The van der Waals surface area contributed by atoms with Gasteiger partial charge in [-0.05, 0) is 24.6 Å². The molecule has 4 N–H and O–H groups in total. The zero-order valence-corrected chi connectivity index (χ0v) is 9.94. The second-order valence-corrected chi connectivity index (χ2v) is 3.92. The van der Waals surface area contributed by atoms with Gasteiger partial charge in [0.2, 0.25) is 5.91 Å². The van der Waals surface area contributed by atoms with Crippen LogP contribution >= 0.6 is 0 Å². The molecule has 98 valence electrons. The summed E-state index contributed by atoms with van der Waals surface area (Å²) in [5.41, 5.74) is 5.35. The predicted molar refractivity (Wildman–Crippen MR) is 64.9 cm³/mol. The Morgan fingerprint density at radius 1 is 1.50 bits per heavy atom. The molecule has 0 aliphatic carbocycles. The second kappa shape index (κ2) is 6.11. The van der Waals surface area contributed by atoms with Crippen molar-refractivity contribution in [3.05, 3.63) is 29.6 Å². The molecular formula is C12H15FN2O3. The minimum absolute atomic E-state index is 0.0627. The first kappa shape index (κ1) is 14.1. The molecule has 0 fully saturated rings. The van der Waals surface area contributed by atoms with Crippen LogP contribution in [0.1, 0.15) is 30.1 Å². The van der Waals surface area contributed by atoms with E-state index < -0.39 is 17.7 Å². The van der Waals surface area contributed by atoms with Crippen molar-refractivity contribution in [1.82, 2.24) is 0 Å². The Labute approximate surface area is 104 Å². The van der Waals surface area contributed by atoms with E-state index in [1.54, 1.807) is 0 Å². The number of benzene rings is 1. The Kier molecular flexibility index (Phi) is 4.79. The molecule has 1 rings (SSSR count). The molecule has 0 aliphatic rings. The number of rotatable bonds is 5. The topological polar surface area (TPSA) is 92.4 Å². The van der Waals surface area contributed by atoms with Crippen molar-refractivity contribution in [2.75, 3.05) is 5.32 Å². The molecule has 0 heterocycles. The second-order valence-electron chi connectivity index (χ2n) is 3.92. The number of carboxylic acid groups (broad SMARTS) is 1. The average Bonchev–Trinajstić information content (AvgIpc) is 2.31. The minimum atomic E-state index is -1.18. The molecule has 0 aromatic heterocycles. The molecule has 18 heavy (non-hydrogen) atoms. The van der Waals surface area contributed by atoms with Crippen LogP contribution in [0.25, 0.3) is 0 Å². The summed E-state index contributed by atoms with van der Waals surface area (Å²) in [5, 5.41) is 11.1. The van der Waals surface area contributed by atoms with E-state index in [-0.39, 0.29) is 23.7 Å². The standard InChI is InChI=1S/C12H15FN2O3/c1-2-8(14)6-11(16)15-10-5-7(12(17)18)3-4-9(10)13/h3-5,8H,2,6,14H2,1H3,(H,15,16)(H,17,18). The highest BCUT2D eigenvalue weighted by molar-refractivity contribution is 5.94. The number of carbonyl (C=O) groups is 2. The van der Waals surface area contributed by atoms with Crippen LogP contribution < -0.4 is 11.1 Å². The normalized spacial score (nSPS) is 11.9. The van der Waals surface area contributed by atoms with E-state index in [0.717, 1.165) is 18.2 Å². The minimum Gasteiger partial charge on any atom is -0.478 e. The maximum atomic E-state index is 13.4. The average molecular weight is 254 g/mol. The van der Waals surface area contributed by atoms with Crippen molar-refractivity contribution < 1.29 is 19.1 Å². The van der Waals surface area contributed by atoms with Crippen molar-refractivity contribution in [2.24, 2.45) is 5.73 Å². The molecule has 1 amide bonds. The lowest BCUT2D eigenvalue weighted by molar-refractivity contribution is -0.116. The molecule has 0 bridgehead atoms. The zero-order chi connectivity index (χ0) is 13.7. The zero-order valence-electron chi connectivity index (χ0n) is 9.94. The summed E-state index contributed by atoms with van der Waals surface area (Å²) >= 11 is 0. The lowest BCUT2D eigenvalue weighted by Gasteiger charge is -2.10. The number of nitrogens with one attached hydrogen (secondary N) is 1. The third-order valence-electron chi connectivity index (χ3n) is 2.46. The first-order valence-corrected chi connectivity index (χ1v) is 5.52. The van der Waals surface area contributed by atoms with E-state index in [1.165, 1.54) is 0 Å². The monoisotopic (exact) mass is 254 g/mol. The number of hydrogen-bond donors (Lipinski definition) is 3. The van der Waals surface area contributed by atoms with Gasteiger partial charge < -0.3 is 16.2 Å². The maximum Gasteiger partial charge on any atom is 0.335 e. The van der Waals surface area contributed by atoms with Crippen molar-refractivity contribution >= 4 is 17.6 Å². The van der Waals surface area contributed by atoms with Gasteiger partial charge >= 0.3 is 5.97 Å². The van der Waals surface area contributed by atoms with E-state index in [2.05, 4.69) is 5.32 Å².